The van der Waals surface area contributed by atoms with E-state index in [2.05, 4.69) is 10.3 Å². The van der Waals surface area contributed by atoms with Gasteiger partial charge in [0, 0.05) is 36.8 Å². The molecule has 1 fully saturated rings. The molecule has 0 bridgehead atoms. The molecule has 8 heteroatoms. The summed E-state index contributed by atoms with van der Waals surface area (Å²) in [5, 5.41) is 4.18. The monoisotopic (exact) mass is 467 g/mol. The molecule has 2 amide bonds. The Balaban J connectivity index is 1.29. The Morgan fingerprint density at radius 1 is 1.12 bits per heavy atom. The molecule has 0 radical (unpaired) electrons. The molecule has 7 nitrogen and oxygen atoms in total. The minimum absolute atomic E-state index is 0.00946. The lowest BCUT2D eigenvalue weighted by Gasteiger charge is -2.35. The molecule has 1 saturated heterocycles. The number of fused-ring (bicyclic) bond motifs is 1. The summed E-state index contributed by atoms with van der Waals surface area (Å²) in [6, 6.07) is 14.3. The number of hydrogen-bond acceptors (Lipinski definition) is 5. The van der Waals surface area contributed by atoms with Gasteiger partial charge in [0.15, 0.2) is 6.61 Å². The van der Waals surface area contributed by atoms with Gasteiger partial charge in [0.05, 0.1) is 17.2 Å². The topological polar surface area (TPSA) is 80.8 Å². The summed E-state index contributed by atoms with van der Waals surface area (Å²) in [5.41, 5.74) is 2.13. The number of halogens is 1. The normalized spacial score (nSPS) is 18.2. The Kier molecular flexibility index (Phi) is 7.11. The highest BCUT2D eigenvalue weighted by Crippen LogP contribution is 2.29. The summed E-state index contributed by atoms with van der Waals surface area (Å²) in [6.45, 7) is 5.30. The molecule has 33 heavy (non-hydrogen) atoms. The molecule has 2 heterocycles. The van der Waals surface area contributed by atoms with Crippen LogP contribution in [0.5, 0.6) is 5.75 Å². The molecule has 0 aliphatic carbocycles. The molecule has 4 rings (SSSR count). The first-order valence-corrected chi connectivity index (χ1v) is 11.2. The molecule has 0 saturated carbocycles. The summed E-state index contributed by atoms with van der Waals surface area (Å²) < 4.78 is 11.4. The highest BCUT2D eigenvalue weighted by atomic mass is 35.5. The first-order chi connectivity index (χ1) is 15.9. The first-order valence-electron chi connectivity index (χ1n) is 10.9. The zero-order chi connectivity index (χ0) is 23.4. The lowest BCUT2D eigenvalue weighted by Crippen LogP contribution is -2.48. The van der Waals surface area contributed by atoms with Crippen molar-refractivity contribution in [2.75, 3.05) is 19.7 Å². The molecule has 3 aromatic rings. The average Bonchev–Trinajstić information content (AvgIpc) is 2.82. The van der Waals surface area contributed by atoms with Crippen LogP contribution >= 0.6 is 11.6 Å². The van der Waals surface area contributed by atoms with Gasteiger partial charge in [-0.3, -0.25) is 14.6 Å². The third-order valence-corrected chi connectivity index (χ3v) is 5.77. The smallest absolute Gasteiger partial charge is 0.258 e. The highest BCUT2D eigenvalue weighted by Gasteiger charge is 2.26. The number of rotatable bonds is 6. The van der Waals surface area contributed by atoms with E-state index in [1.54, 1.807) is 36.5 Å². The maximum atomic E-state index is 12.8. The number of morpholine rings is 1. The molecule has 0 spiro atoms. The van der Waals surface area contributed by atoms with Crippen LogP contribution in [0, 0.1) is 0 Å². The van der Waals surface area contributed by atoms with Crippen molar-refractivity contribution in [2.24, 2.45) is 0 Å². The Labute approximate surface area is 197 Å². The number of nitrogens with one attached hydrogen (secondary N) is 1. The Bertz CT molecular complexity index is 1140. The van der Waals surface area contributed by atoms with Gasteiger partial charge in [-0.1, -0.05) is 23.7 Å². The van der Waals surface area contributed by atoms with Gasteiger partial charge in [0.25, 0.3) is 11.8 Å². The van der Waals surface area contributed by atoms with E-state index in [1.807, 2.05) is 36.9 Å². The van der Waals surface area contributed by atoms with Crippen molar-refractivity contribution in [3.05, 3.63) is 70.9 Å². The second kappa shape index (κ2) is 10.2. The minimum Gasteiger partial charge on any atom is -0.481 e. The van der Waals surface area contributed by atoms with Crippen molar-refractivity contribution in [1.82, 2.24) is 15.2 Å². The van der Waals surface area contributed by atoms with E-state index >= 15 is 0 Å². The van der Waals surface area contributed by atoms with Gasteiger partial charge in [-0.25, -0.2) is 0 Å². The lowest BCUT2D eigenvalue weighted by molar-refractivity contribution is -0.123. The van der Waals surface area contributed by atoms with Crippen LogP contribution in [0.25, 0.3) is 10.9 Å². The highest BCUT2D eigenvalue weighted by molar-refractivity contribution is 6.35. The van der Waals surface area contributed by atoms with Crippen LogP contribution in [-0.2, 0) is 16.1 Å². The fourth-order valence-corrected chi connectivity index (χ4v) is 4.13. The number of benzene rings is 2. The average molecular weight is 468 g/mol. The number of hydrogen-bond donors (Lipinski definition) is 1. The molecular formula is C25H26ClN3O4. The van der Waals surface area contributed by atoms with Crippen LogP contribution in [0.3, 0.4) is 0 Å². The molecule has 1 aliphatic rings. The molecule has 1 aliphatic heterocycles. The Morgan fingerprint density at radius 3 is 2.58 bits per heavy atom. The lowest BCUT2D eigenvalue weighted by atomic mass is 10.1. The van der Waals surface area contributed by atoms with Crippen LogP contribution in [-0.4, -0.2) is 53.6 Å². The summed E-state index contributed by atoms with van der Waals surface area (Å²) in [4.78, 5) is 31.2. The number of ether oxygens (including phenoxy) is 2. The Hall–Kier alpha value is -3.16. The largest absolute Gasteiger partial charge is 0.481 e. The molecule has 1 aromatic heterocycles. The van der Waals surface area contributed by atoms with Crippen molar-refractivity contribution in [1.29, 1.82) is 0 Å². The fraction of sp³-hybridized carbons (Fsp3) is 0.320. The van der Waals surface area contributed by atoms with Crippen molar-refractivity contribution in [3.63, 3.8) is 0 Å². The van der Waals surface area contributed by atoms with E-state index in [1.165, 1.54) is 0 Å². The predicted molar refractivity (Wildman–Crippen MR) is 126 cm³/mol. The fourth-order valence-electron chi connectivity index (χ4n) is 3.91. The van der Waals surface area contributed by atoms with Crippen LogP contribution in [0.4, 0.5) is 0 Å². The van der Waals surface area contributed by atoms with Crippen LogP contribution < -0.4 is 10.1 Å². The number of amides is 2. The van der Waals surface area contributed by atoms with Gasteiger partial charge in [-0.2, -0.15) is 0 Å². The van der Waals surface area contributed by atoms with Crippen LogP contribution in [0.15, 0.2) is 54.7 Å². The number of aromatic nitrogens is 1. The van der Waals surface area contributed by atoms with Gasteiger partial charge in [0.2, 0.25) is 0 Å². The number of carbonyl (C=O) groups excluding carboxylic acids is 2. The zero-order valence-electron chi connectivity index (χ0n) is 18.6. The maximum Gasteiger partial charge on any atom is 0.258 e. The van der Waals surface area contributed by atoms with E-state index in [0.717, 1.165) is 10.9 Å². The van der Waals surface area contributed by atoms with E-state index in [0.29, 0.717) is 41.5 Å². The Morgan fingerprint density at radius 2 is 1.85 bits per heavy atom. The first kappa shape index (κ1) is 23.0. The number of pyridine rings is 1. The van der Waals surface area contributed by atoms with E-state index in [-0.39, 0.29) is 30.6 Å². The van der Waals surface area contributed by atoms with Crippen molar-refractivity contribution in [2.45, 2.75) is 32.6 Å². The summed E-state index contributed by atoms with van der Waals surface area (Å²) in [7, 11) is 0. The number of nitrogens with zero attached hydrogens (tertiary/aromatic N) is 2. The second-order valence-electron chi connectivity index (χ2n) is 8.17. The zero-order valence-corrected chi connectivity index (χ0v) is 19.3. The van der Waals surface area contributed by atoms with Crippen molar-refractivity contribution >= 4 is 34.3 Å². The standard InChI is InChI=1S/C25H26ClN3O4/c1-16-13-29(14-17(2)33-16)25(31)19-7-5-18(6-8-19)12-28-23(30)15-32-22-10-9-21(26)20-4-3-11-27-24(20)22/h3-11,16-17H,12-15H2,1-2H3,(H,28,30). The summed E-state index contributed by atoms with van der Waals surface area (Å²) >= 11 is 6.19. The summed E-state index contributed by atoms with van der Waals surface area (Å²) in [5.74, 6) is 0.232. The van der Waals surface area contributed by atoms with Crippen LogP contribution in [0.1, 0.15) is 29.8 Å². The predicted octanol–water partition coefficient (Wildman–Crippen LogP) is 3.83. The maximum absolute atomic E-state index is 12.8. The second-order valence-corrected chi connectivity index (χ2v) is 8.58. The van der Waals surface area contributed by atoms with Crippen molar-refractivity contribution in [3.8, 4) is 5.75 Å². The van der Waals surface area contributed by atoms with E-state index in [9.17, 15) is 9.59 Å². The van der Waals surface area contributed by atoms with Gasteiger partial charge in [-0.15, -0.1) is 0 Å². The van der Waals surface area contributed by atoms with Gasteiger partial charge in [-0.05, 0) is 55.8 Å². The molecule has 1 N–H and O–H groups in total. The van der Waals surface area contributed by atoms with Crippen LogP contribution in [0.2, 0.25) is 5.02 Å². The SMILES string of the molecule is CC1CN(C(=O)c2ccc(CNC(=O)COc3ccc(Cl)c4cccnc34)cc2)CC(C)O1. The van der Waals surface area contributed by atoms with E-state index in [4.69, 9.17) is 21.1 Å². The third-order valence-electron chi connectivity index (χ3n) is 5.44. The quantitative estimate of drug-likeness (QED) is 0.596. The molecule has 2 atom stereocenters. The van der Waals surface area contributed by atoms with Gasteiger partial charge in [0.1, 0.15) is 11.3 Å². The third kappa shape index (κ3) is 5.61. The van der Waals surface area contributed by atoms with E-state index < -0.39 is 0 Å². The molecular weight excluding hydrogens is 442 g/mol. The molecule has 172 valence electrons. The minimum atomic E-state index is -0.259. The number of carbonyl (C=O) groups is 2. The van der Waals surface area contributed by atoms with Gasteiger partial charge < -0.3 is 19.7 Å². The summed E-state index contributed by atoms with van der Waals surface area (Å²) in [6.07, 6.45) is 1.70. The van der Waals surface area contributed by atoms with Gasteiger partial charge >= 0.3 is 0 Å². The molecule has 2 unspecified atom stereocenters. The molecule has 2 aromatic carbocycles. The van der Waals surface area contributed by atoms with Crippen molar-refractivity contribution < 1.29 is 19.1 Å².